The first-order chi connectivity index (χ1) is 21.4. The lowest BCUT2D eigenvalue weighted by atomic mass is 9.89. The van der Waals surface area contributed by atoms with Gasteiger partial charge < -0.3 is 19.9 Å². The second-order valence-corrected chi connectivity index (χ2v) is 14.0. The molecule has 11 heteroatoms. The molecular weight excluding hydrogens is 574 g/mol. The molecule has 3 saturated heterocycles. The van der Waals surface area contributed by atoms with E-state index in [-0.39, 0.29) is 12.3 Å². The van der Waals surface area contributed by atoms with Crippen LogP contribution < -0.4 is 5.32 Å². The standard InChI is InChI=1S/C33H41N7O3S/c1-20-7-9-27(23-8-10-28-25(16-23)37-32(44-28)22-11-13-38(3)14-12-22)39(19-20)33(42)31(41)36-26-18-34-21(2)24-17-35-40(30(24)26)29-6-4-5-15-43-29/h8,10,16-18,20,22,27,29H,4-7,9,11-15,19H2,1-3H3,(H,36,41)/t20-,27+,29?/m1/s1. The van der Waals surface area contributed by atoms with Crippen molar-refractivity contribution in [2.45, 2.75) is 77.0 Å². The Bertz CT molecular complexity index is 1690. The molecule has 0 radical (unpaired) electrons. The van der Waals surface area contributed by atoms with Gasteiger partial charge in [0.25, 0.3) is 0 Å². The zero-order chi connectivity index (χ0) is 30.4. The summed E-state index contributed by atoms with van der Waals surface area (Å²) in [7, 11) is 2.18. The third kappa shape index (κ3) is 5.61. The number of pyridine rings is 1. The summed E-state index contributed by atoms with van der Waals surface area (Å²) >= 11 is 1.79. The third-order valence-corrected chi connectivity index (χ3v) is 10.9. The topological polar surface area (TPSA) is 105 Å². The van der Waals surface area contributed by atoms with E-state index in [0.717, 1.165) is 85.7 Å². The van der Waals surface area contributed by atoms with Crippen LogP contribution in [0.4, 0.5) is 5.69 Å². The molecule has 0 aliphatic carbocycles. The Hall–Kier alpha value is -3.41. The van der Waals surface area contributed by atoms with Gasteiger partial charge in [0, 0.05) is 30.1 Å². The molecule has 0 bridgehead atoms. The van der Waals surface area contributed by atoms with E-state index in [1.54, 1.807) is 28.6 Å². The van der Waals surface area contributed by atoms with Gasteiger partial charge in [-0.2, -0.15) is 5.10 Å². The van der Waals surface area contributed by atoms with Gasteiger partial charge in [0.2, 0.25) is 0 Å². The number of likely N-dealkylation sites (tertiary alicyclic amines) is 2. The molecule has 6 heterocycles. The number of aromatic nitrogens is 4. The van der Waals surface area contributed by atoms with Crippen molar-refractivity contribution < 1.29 is 14.3 Å². The predicted octanol–water partition coefficient (Wildman–Crippen LogP) is 5.80. The lowest BCUT2D eigenvalue weighted by molar-refractivity contribution is -0.146. The Morgan fingerprint density at radius 2 is 1.91 bits per heavy atom. The molecule has 1 aromatic carbocycles. The third-order valence-electron chi connectivity index (χ3n) is 9.66. The molecular formula is C33H41N7O3S. The van der Waals surface area contributed by atoms with Crippen molar-refractivity contribution in [3.63, 3.8) is 0 Å². The maximum atomic E-state index is 13.9. The number of piperidine rings is 2. The SMILES string of the molecule is Cc1ncc(NC(=O)C(=O)N2C[C@H](C)CC[C@H]2c2ccc3sc(C4CCN(C)CC4)nc3c2)c2c1cnn2C1CCCCO1. The molecule has 10 nitrogen and oxygen atoms in total. The van der Waals surface area contributed by atoms with Crippen molar-refractivity contribution in [3.8, 4) is 0 Å². The van der Waals surface area contributed by atoms with E-state index in [0.29, 0.717) is 30.7 Å². The molecule has 3 fully saturated rings. The second-order valence-electron chi connectivity index (χ2n) is 12.9. The molecule has 3 atom stereocenters. The van der Waals surface area contributed by atoms with Crippen LogP contribution in [0.15, 0.2) is 30.6 Å². The monoisotopic (exact) mass is 615 g/mol. The molecule has 3 aromatic heterocycles. The lowest BCUT2D eigenvalue weighted by Gasteiger charge is -2.38. The van der Waals surface area contributed by atoms with E-state index in [4.69, 9.17) is 9.72 Å². The van der Waals surface area contributed by atoms with E-state index >= 15 is 0 Å². The fourth-order valence-electron chi connectivity index (χ4n) is 7.04. The predicted molar refractivity (Wildman–Crippen MR) is 172 cm³/mol. The van der Waals surface area contributed by atoms with Crippen LogP contribution in [0.25, 0.3) is 21.1 Å². The maximum Gasteiger partial charge on any atom is 0.314 e. The van der Waals surface area contributed by atoms with Crippen molar-refractivity contribution in [3.05, 3.63) is 46.9 Å². The van der Waals surface area contributed by atoms with E-state index in [2.05, 4.69) is 52.5 Å². The van der Waals surface area contributed by atoms with Crippen LogP contribution in [-0.2, 0) is 14.3 Å². The quantitative estimate of drug-likeness (QED) is 0.290. The summed E-state index contributed by atoms with van der Waals surface area (Å²) in [6.45, 7) is 7.47. The van der Waals surface area contributed by atoms with Crippen molar-refractivity contribution >= 4 is 50.0 Å². The lowest BCUT2D eigenvalue weighted by Crippen LogP contribution is -2.46. The van der Waals surface area contributed by atoms with Gasteiger partial charge in [-0.25, -0.2) is 9.67 Å². The van der Waals surface area contributed by atoms with Crippen molar-refractivity contribution in [1.29, 1.82) is 0 Å². The number of rotatable bonds is 4. The number of aryl methyl sites for hydroxylation is 1. The van der Waals surface area contributed by atoms with Gasteiger partial charge in [-0.3, -0.25) is 14.6 Å². The fraction of sp³-hybridized carbons (Fsp3) is 0.545. The number of ether oxygens (including phenoxy) is 1. The Kier molecular flexibility index (Phi) is 8.11. The molecule has 44 heavy (non-hydrogen) atoms. The van der Waals surface area contributed by atoms with E-state index < -0.39 is 11.8 Å². The van der Waals surface area contributed by atoms with Gasteiger partial charge in [0.1, 0.15) is 0 Å². The second kappa shape index (κ2) is 12.2. The van der Waals surface area contributed by atoms with Crippen molar-refractivity contribution in [1.82, 2.24) is 29.5 Å². The van der Waals surface area contributed by atoms with Crippen LogP contribution in [0.3, 0.4) is 0 Å². The molecule has 1 N–H and O–H groups in total. The number of thiazole rings is 1. The fourth-order valence-corrected chi connectivity index (χ4v) is 8.16. The molecule has 0 spiro atoms. The minimum absolute atomic E-state index is 0.181. The Labute approximate surface area is 261 Å². The number of amides is 2. The number of nitrogens with zero attached hydrogens (tertiary/aromatic N) is 6. The Morgan fingerprint density at radius 1 is 1.07 bits per heavy atom. The van der Waals surface area contributed by atoms with Gasteiger partial charge in [0.05, 0.1) is 44.9 Å². The first-order valence-electron chi connectivity index (χ1n) is 16.0. The summed E-state index contributed by atoms with van der Waals surface area (Å²) in [5.74, 6) is -0.374. The minimum Gasteiger partial charge on any atom is -0.356 e. The maximum absolute atomic E-state index is 13.9. The molecule has 2 amide bonds. The van der Waals surface area contributed by atoms with E-state index in [1.807, 2.05) is 11.6 Å². The van der Waals surface area contributed by atoms with Gasteiger partial charge in [-0.15, -0.1) is 11.3 Å². The van der Waals surface area contributed by atoms with Crippen LogP contribution in [0, 0.1) is 12.8 Å². The number of carbonyl (C=O) groups excluding carboxylic acids is 2. The highest BCUT2D eigenvalue weighted by Gasteiger charge is 2.35. The van der Waals surface area contributed by atoms with Gasteiger partial charge in [-0.1, -0.05) is 13.0 Å². The average Bonchev–Trinajstić information content (AvgIpc) is 3.68. The Balaban J connectivity index is 1.14. The number of benzene rings is 1. The van der Waals surface area contributed by atoms with Crippen LogP contribution in [0.1, 0.15) is 86.3 Å². The van der Waals surface area contributed by atoms with Crippen molar-refractivity contribution in [2.24, 2.45) is 5.92 Å². The summed E-state index contributed by atoms with van der Waals surface area (Å²) < 4.78 is 9.01. The van der Waals surface area contributed by atoms with Crippen LogP contribution in [-0.4, -0.2) is 74.7 Å². The number of anilines is 1. The highest BCUT2D eigenvalue weighted by Crippen LogP contribution is 2.38. The zero-order valence-corrected chi connectivity index (χ0v) is 26.6. The summed E-state index contributed by atoms with van der Waals surface area (Å²) in [4.78, 5) is 41.2. The number of carbonyl (C=O) groups is 2. The number of hydrogen-bond donors (Lipinski definition) is 1. The van der Waals surface area contributed by atoms with Crippen LogP contribution >= 0.6 is 11.3 Å². The number of nitrogens with one attached hydrogen (secondary N) is 1. The summed E-state index contributed by atoms with van der Waals surface area (Å²) in [5.41, 5.74) is 4.06. The minimum atomic E-state index is -0.660. The van der Waals surface area contributed by atoms with E-state index in [1.165, 1.54) is 9.71 Å². The van der Waals surface area contributed by atoms with Crippen LogP contribution in [0.5, 0.6) is 0 Å². The van der Waals surface area contributed by atoms with Crippen LogP contribution in [0.2, 0.25) is 0 Å². The molecule has 3 aliphatic heterocycles. The van der Waals surface area contributed by atoms with Gasteiger partial charge in [-0.05, 0) is 95.6 Å². The molecule has 0 saturated carbocycles. The average molecular weight is 616 g/mol. The molecule has 3 aliphatic rings. The highest BCUT2D eigenvalue weighted by molar-refractivity contribution is 7.18. The van der Waals surface area contributed by atoms with Crippen molar-refractivity contribution in [2.75, 3.05) is 38.6 Å². The highest BCUT2D eigenvalue weighted by atomic mass is 32.1. The zero-order valence-electron chi connectivity index (χ0n) is 25.8. The normalized spacial score (nSPS) is 23.8. The largest absolute Gasteiger partial charge is 0.356 e. The summed E-state index contributed by atoms with van der Waals surface area (Å²) in [6, 6.07) is 6.22. The summed E-state index contributed by atoms with van der Waals surface area (Å²) in [6.07, 6.45) is 10.2. The molecule has 1 unspecified atom stereocenters. The molecule has 232 valence electrons. The number of hydrogen-bond acceptors (Lipinski definition) is 8. The summed E-state index contributed by atoms with van der Waals surface area (Å²) in [5, 5.41) is 9.56. The van der Waals surface area contributed by atoms with E-state index in [9.17, 15) is 9.59 Å². The van der Waals surface area contributed by atoms with Gasteiger partial charge in [0.15, 0.2) is 6.23 Å². The smallest absolute Gasteiger partial charge is 0.314 e. The first-order valence-corrected chi connectivity index (χ1v) is 16.8. The number of fused-ring (bicyclic) bond motifs is 2. The Morgan fingerprint density at radius 3 is 2.70 bits per heavy atom. The molecule has 7 rings (SSSR count). The van der Waals surface area contributed by atoms with Gasteiger partial charge >= 0.3 is 11.8 Å². The first kappa shape index (κ1) is 29.3. The molecule has 4 aromatic rings.